The summed E-state index contributed by atoms with van der Waals surface area (Å²) in [6.07, 6.45) is 3.11. The molecule has 2 atom stereocenters. The van der Waals surface area contributed by atoms with Crippen LogP contribution in [0.4, 0.5) is 5.69 Å². The first kappa shape index (κ1) is 20.9. The monoisotopic (exact) mass is 394 g/mol. The van der Waals surface area contributed by atoms with E-state index in [4.69, 9.17) is 4.74 Å². The van der Waals surface area contributed by atoms with Crippen molar-refractivity contribution < 1.29 is 14.3 Å². The predicted octanol–water partition coefficient (Wildman–Crippen LogP) is 4.59. The molecule has 0 radical (unpaired) electrons. The molecule has 1 saturated heterocycles. The number of benzene rings is 2. The average Bonchev–Trinajstić information content (AvgIpc) is 3.09. The molecule has 0 aromatic heterocycles. The molecule has 3 rings (SSSR count). The van der Waals surface area contributed by atoms with Crippen LogP contribution in [0.5, 0.6) is 5.75 Å². The molecule has 2 amide bonds. The predicted molar refractivity (Wildman–Crippen MR) is 115 cm³/mol. The summed E-state index contributed by atoms with van der Waals surface area (Å²) in [6, 6.07) is 15.3. The van der Waals surface area contributed by atoms with E-state index in [1.807, 2.05) is 53.4 Å². The number of carbonyl (C=O) groups is 2. The lowest BCUT2D eigenvalue weighted by atomic mass is 9.92. The van der Waals surface area contributed by atoms with Crippen molar-refractivity contribution in [2.24, 2.45) is 5.92 Å². The van der Waals surface area contributed by atoms with E-state index in [1.54, 1.807) is 7.11 Å². The molecular weight excluding hydrogens is 364 g/mol. The Bertz CT molecular complexity index is 830. The zero-order chi connectivity index (χ0) is 20.8. The zero-order valence-corrected chi connectivity index (χ0v) is 17.5. The number of unbranched alkanes of at least 4 members (excludes halogenated alkanes) is 1. The van der Waals surface area contributed by atoms with Gasteiger partial charge in [-0.1, -0.05) is 44.5 Å². The van der Waals surface area contributed by atoms with Gasteiger partial charge >= 0.3 is 0 Å². The van der Waals surface area contributed by atoms with Crippen LogP contribution in [0.15, 0.2) is 48.5 Å². The number of anilines is 1. The van der Waals surface area contributed by atoms with Crippen LogP contribution in [0.25, 0.3) is 0 Å². The van der Waals surface area contributed by atoms with Crippen molar-refractivity contribution in [2.75, 3.05) is 19.0 Å². The lowest BCUT2D eigenvalue weighted by molar-refractivity contribution is -0.129. The highest BCUT2D eigenvalue weighted by Gasteiger charge is 2.44. The normalized spacial score (nSPS) is 18.7. The van der Waals surface area contributed by atoms with E-state index in [1.165, 1.54) is 5.56 Å². The highest BCUT2D eigenvalue weighted by molar-refractivity contribution is 5.98. The van der Waals surface area contributed by atoms with E-state index in [0.717, 1.165) is 36.3 Å². The molecule has 1 heterocycles. The van der Waals surface area contributed by atoms with Crippen LogP contribution in [0.2, 0.25) is 0 Å². The molecule has 2 aromatic carbocycles. The molecule has 2 aromatic rings. The Morgan fingerprint density at radius 3 is 2.38 bits per heavy atom. The average molecular weight is 395 g/mol. The van der Waals surface area contributed by atoms with Crippen molar-refractivity contribution in [3.05, 3.63) is 59.7 Å². The van der Waals surface area contributed by atoms with Crippen molar-refractivity contribution in [2.45, 2.75) is 45.6 Å². The third kappa shape index (κ3) is 4.78. The van der Waals surface area contributed by atoms with Gasteiger partial charge in [0.05, 0.1) is 19.1 Å². The Balaban J connectivity index is 1.84. The van der Waals surface area contributed by atoms with E-state index in [9.17, 15) is 9.59 Å². The lowest BCUT2D eigenvalue weighted by Crippen LogP contribution is -2.33. The minimum Gasteiger partial charge on any atom is -0.497 e. The molecule has 0 saturated carbocycles. The Labute approximate surface area is 173 Å². The Morgan fingerprint density at radius 1 is 1.10 bits per heavy atom. The minimum absolute atomic E-state index is 0.0424. The first-order valence-corrected chi connectivity index (χ1v) is 10.4. The third-order valence-corrected chi connectivity index (χ3v) is 5.61. The van der Waals surface area contributed by atoms with Crippen LogP contribution in [0.1, 0.15) is 50.3 Å². The van der Waals surface area contributed by atoms with Gasteiger partial charge in [0.15, 0.2) is 0 Å². The summed E-state index contributed by atoms with van der Waals surface area (Å²) in [6.45, 7) is 4.87. The number of ether oxygens (including phenoxy) is 1. The maximum Gasteiger partial charge on any atom is 0.230 e. The number of amides is 2. The minimum atomic E-state index is -0.418. The Hall–Kier alpha value is -2.82. The molecule has 2 unspecified atom stereocenters. The Morgan fingerprint density at radius 2 is 1.79 bits per heavy atom. The maximum atomic E-state index is 13.1. The number of aryl methyl sites for hydroxylation is 1. The fourth-order valence-corrected chi connectivity index (χ4v) is 3.89. The quantitative estimate of drug-likeness (QED) is 0.713. The molecule has 0 spiro atoms. The molecule has 5 nitrogen and oxygen atoms in total. The molecular formula is C24H30N2O3. The van der Waals surface area contributed by atoms with Crippen molar-refractivity contribution in [1.82, 2.24) is 4.90 Å². The fourth-order valence-electron chi connectivity index (χ4n) is 3.89. The van der Waals surface area contributed by atoms with Crippen molar-refractivity contribution >= 4 is 17.5 Å². The largest absolute Gasteiger partial charge is 0.497 e. The molecule has 1 aliphatic heterocycles. The van der Waals surface area contributed by atoms with Gasteiger partial charge in [-0.15, -0.1) is 0 Å². The van der Waals surface area contributed by atoms with Gasteiger partial charge in [-0.05, 0) is 48.2 Å². The van der Waals surface area contributed by atoms with E-state index in [0.29, 0.717) is 6.54 Å². The van der Waals surface area contributed by atoms with Crippen LogP contribution < -0.4 is 10.1 Å². The van der Waals surface area contributed by atoms with Gasteiger partial charge in [0.25, 0.3) is 0 Å². The number of rotatable bonds is 8. The van der Waals surface area contributed by atoms with Crippen LogP contribution >= 0.6 is 0 Å². The van der Waals surface area contributed by atoms with E-state index < -0.39 is 5.92 Å². The van der Waals surface area contributed by atoms with Gasteiger partial charge in [-0.2, -0.15) is 0 Å². The summed E-state index contributed by atoms with van der Waals surface area (Å²) in [5.74, 6) is 0.275. The zero-order valence-electron chi connectivity index (χ0n) is 17.5. The number of likely N-dealkylation sites (tertiary alicyclic amines) is 1. The molecule has 1 fully saturated rings. The molecule has 29 heavy (non-hydrogen) atoms. The summed E-state index contributed by atoms with van der Waals surface area (Å²) in [7, 11) is 1.63. The molecule has 1 aliphatic rings. The second-order valence-corrected chi connectivity index (χ2v) is 7.51. The second kappa shape index (κ2) is 9.59. The highest BCUT2D eigenvalue weighted by atomic mass is 16.5. The number of nitrogens with zero attached hydrogens (tertiary/aromatic N) is 1. The summed E-state index contributed by atoms with van der Waals surface area (Å²) >= 11 is 0. The maximum absolute atomic E-state index is 13.1. The fraction of sp³-hybridized carbons (Fsp3) is 0.417. The summed E-state index contributed by atoms with van der Waals surface area (Å²) < 4.78 is 5.26. The topological polar surface area (TPSA) is 58.6 Å². The molecule has 1 N–H and O–H groups in total. The summed E-state index contributed by atoms with van der Waals surface area (Å²) in [5.41, 5.74) is 2.95. The third-order valence-electron chi connectivity index (χ3n) is 5.61. The van der Waals surface area contributed by atoms with Gasteiger partial charge in [0, 0.05) is 18.7 Å². The molecule has 5 heteroatoms. The van der Waals surface area contributed by atoms with Gasteiger partial charge in [0.1, 0.15) is 5.75 Å². The highest BCUT2D eigenvalue weighted by Crippen LogP contribution is 2.39. The number of hydrogen-bond donors (Lipinski definition) is 1. The molecule has 0 bridgehead atoms. The number of methoxy groups -OCH3 is 1. The van der Waals surface area contributed by atoms with Crippen molar-refractivity contribution in [3.63, 3.8) is 0 Å². The van der Waals surface area contributed by atoms with Gasteiger partial charge in [-0.25, -0.2) is 0 Å². The van der Waals surface area contributed by atoms with Gasteiger partial charge in [-0.3, -0.25) is 9.59 Å². The van der Waals surface area contributed by atoms with Crippen LogP contribution in [-0.2, 0) is 16.0 Å². The SMILES string of the molecule is CCCCN1C(=O)CC(C(=O)Nc2ccc(CC)cc2)C1c1ccc(OC)cc1. The first-order valence-electron chi connectivity index (χ1n) is 10.4. The number of carbonyl (C=O) groups excluding carboxylic acids is 2. The van der Waals surface area contributed by atoms with Crippen LogP contribution in [0.3, 0.4) is 0 Å². The van der Waals surface area contributed by atoms with Crippen molar-refractivity contribution in [1.29, 1.82) is 0 Å². The summed E-state index contributed by atoms with van der Waals surface area (Å²) in [5, 5.41) is 3.01. The van der Waals surface area contributed by atoms with E-state index in [-0.39, 0.29) is 24.3 Å². The smallest absolute Gasteiger partial charge is 0.230 e. The second-order valence-electron chi connectivity index (χ2n) is 7.51. The first-order chi connectivity index (χ1) is 14.1. The van der Waals surface area contributed by atoms with Crippen molar-refractivity contribution in [3.8, 4) is 5.75 Å². The lowest BCUT2D eigenvalue weighted by Gasteiger charge is -2.28. The van der Waals surface area contributed by atoms with E-state index in [2.05, 4.69) is 19.2 Å². The van der Waals surface area contributed by atoms with Crippen LogP contribution in [-0.4, -0.2) is 30.4 Å². The summed E-state index contributed by atoms with van der Waals surface area (Å²) in [4.78, 5) is 27.8. The Kier molecular flexibility index (Phi) is 6.91. The number of nitrogens with one attached hydrogen (secondary N) is 1. The molecule has 0 aliphatic carbocycles. The van der Waals surface area contributed by atoms with Crippen LogP contribution in [0, 0.1) is 5.92 Å². The molecule has 154 valence electrons. The standard InChI is InChI=1S/C24H30N2O3/c1-4-6-15-26-22(27)16-21(23(26)18-9-13-20(29-3)14-10-18)24(28)25-19-11-7-17(5-2)8-12-19/h7-14,21,23H,4-6,15-16H2,1-3H3,(H,25,28). The van der Waals surface area contributed by atoms with Gasteiger partial charge < -0.3 is 15.0 Å². The van der Waals surface area contributed by atoms with E-state index >= 15 is 0 Å². The van der Waals surface area contributed by atoms with Gasteiger partial charge in [0.2, 0.25) is 11.8 Å². The number of hydrogen-bond acceptors (Lipinski definition) is 3.